The first-order chi connectivity index (χ1) is 14.7. The van der Waals surface area contributed by atoms with E-state index in [9.17, 15) is 4.79 Å². The number of rotatable bonds is 3. The predicted octanol–water partition coefficient (Wildman–Crippen LogP) is 6.07. The molecule has 1 saturated heterocycles. The number of nitrogens with one attached hydrogen (secondary N) is 1. The maximum atomic E-state index is 12.6. The average molecular weight is 500 g/mol. The van der Waals surface area contributed by atoms with Crippen LogP contribution in [0.2, 0.25) is 0 Å². The molecule has 1 atom stereocenters. The summed E-state index contributed by atoms with van der Waals surface area (Å²) in [4.78, 5) is 20.1. The second-order valence-electron chi connectivity index (χ2n) is 8.59. The molecule has 2 heterocycles. The minimum Gasteiger partial charge on any atom is -0.496 e. The molecule has 2 aliphatic heterocycles. The Balaban J connectivity index is 1.68. The van der Waals surface area contributed by atoms with Crippen LogP contribution in [0.3, 0.4) is 0 Å². The van der Waals surface area contributed by atoms with Crippen molar-refractivity contribution in [1.82, 2.24) is 5.32 Å². The molecule has 1 amide bonds. The quantitative estimate of drug-likeness (QED) is 0.520. The highest BCUT2D eigenvalue weighted by Gasteiger charge is 2.35. The third-order valence-corrected chi connectivity index (χ3v) is 7.42. The second-order valence-corrected chi connectivity index (χ2v) is 10.5. The number of carbonyl (C=O) groups is 1. The molecule has 7 heteroatoms. The summed E-state index contributed by atoms with van der Waals surface area (Å²) in [5.74, 6) is 1.03. The molecule has 4 rings (SSSR count). The van der Waals surface area contributed by atoms with Gasteiger partial charge < -0.3 is 15.0 Å². The number of fused-ring (bicyclic) bond motifs is 1. The highest BCUT2D eigenvalue weighted by molar-refractivity contribution is 9.10. The molecule has 0 aliphatic carbocycles. The summed E-state index contributed by atoms with van der Waals surface area (Å²) in [7, 11) is 3.80. The van der Waals surface area contributed by atoms with Crippen LogP contribution in [0, 0.1) is 0 Å². The predicted molar refractivity (Wildman–Crippen MR) is 133 cm³/mol. The monoisotopic (exact) mass is 499 g/mol. The van der Waals surface area contributed by atoms with E-state index >= 15 is 0 Å². The number of methoxy groups -OCH3 is 1. The lowest BCUT2D eigenvalue weighted by molar-refractivity contribution is -0.115. The third kappa shape index (κ3) is 4.39. The van der Waals surface area contributed by atoms with Crippen LogP contribution in [0.15, 0.2) is 50.8 Å². The molecule has 2 aliphatic rings. The Hall–Kier alpha value is -2.25. The van der Waals surface area contributed by atoms with Gasteiger partial charge in [0.2, 0.25) is 0 Å². The molecular formula is C24H26BrN3O2S. The van der Waals surface area contributed by atoms with Gasteiger partial charge >= 0.3 is 0 Å². The van der Waals surface area contributed by atoms with Crippen molar-refractivity contribution in [2.24, 2.45) is 4.99 Å². The van der Waals surface area contributed by atoms with Gasteiger partial charge in [0, 0.05) is 34.4 Å². The van der Waals surface area contributed by atoms with Crippen LogP contribution in [-0.4, -0.2) is 30.8 Å². The maximum Gasteiger partial charge on any atom is 0.264 e. The summed E-state index contributed by atoms with van der Waals surface area (Å²) in [6, 6.07) is 11.9. The Kier molecular flexibility index (Phi) is 5.92. The summed E-state index contributed by atoms with van der Waals surface area (Å²) in [5.41, 5.74) is 4.24. The molecule has 0 radical (unpaired) electrons. The summed E-state index contributed by atoms with van der Waals surface area (Å²) in [6.45, 7) is 6.79. The Morgan fingerprint density at radius 1 is 1.29 bits per heavy atom. The molecule has 5 nitrogen and oxygen atoms in total. The van der Waals surface area contributed by atoms with E-state index in [1.54, 1.807) is 7.11 Å². The molecule has 0 bridgehead atoms. The van der Waals surface area contributed by atoms with E-state index < -0.39 is 0 Å². The van der Waals surface area contributed by atoms with Crippen molar-refractivity contribution in [3.63, 3.8) is 0 Å². The first kappa shape index (κ1) is 22.0. The number of amides is 1. The number of carbonyl (C=O) groups excluding carboxylic acids is 1. The number of benzene rings is 2. The fraction of sp³-hybridized carbons (Fsp3) is 0.333. The number of anilines is 1. The number of amidine groups is 1. The van der Waals surface area contributed by atoms with E-state index in [-0.39, 0.29) is 11.4 Å². The van der Waals surface area contributed by atoms with E-state index in [4.69, 9.17) is 4.74 Å². The SMILES string of the molecule is COc1cc2c(cc1/C=C1/SC(=Nc3ccc(Br)cc3)NC1=O)C(C)CC(C)(C)N2C. The average Bonchev–Trinajstić information content (AvgIpc) is 3.06. The fourth-order valence-electron chi connectivity index (χ4n) is 4.16. The number of ether oxygens (including phenoxy) is 1. The second kappa shape index (κ2) is 8.36. The lowest BCUT2D eigenvalue weighted by Gasteiger charge is -2.45. The molecule has 2 aromatic carbocycles. The van der Waals surface area contributed by atoms with Crippen molar-refractivity contribution in [1.29, 1.82) is 0 Å². The molecule has 0 spiro atoms. The molecular weight excluding hydrogens is 474 g/mol. The van der Waals surface area contributed by atoms with E-state index in [0.717, 1.165) is 27.9 Å². The van der Waals surface area contributed by atoms with Gasteiger partial charge in [0.1, 0.15) is 5.75 Å². The smallest absolute Gasteiger partial charge is 0.264 e. The molecule has 31 heavy (non-hydrogen) atoms. The van der Waals surface area contributed by atoms with E-state index in [2.05, 4.69) is 71.1 Å². The van der Waals surface area contributed by atoms with Crippen LogP contribution < -0.4 is 15.0 Å². The lowest BCUT2D eigenvalue weighted by atomic mass is 9.80. The summed E-state index contributed by atoms with van der Waals surface area (Å²) < 4.78 is 6.68. The van der Waals surface area contributed by atoms with Gasteiger partial charge in [-0.3, -0.25) is 4.79 Å². The first-order valence-corrected chi connectivity index (χ1v) is 11.8. The molecule has 0 saturated carbocycles. The van der Waals surface area contributed by atoms with Crippen molar-refractivity contribution in [2.45, 2.75) is 38.6 Å². The fourth-order valence-corrected chi connectivity index (χ4v) is 5.25. The summed E-state index contributed by atoms with van der Waals surface area (Å²) >= 11 is 4.76. The minimum atomic E-state index is -0.146. The van der Waals surface area contributed by atoms with Gasteiger partial charge in [-0.15, -0.1) is 0 Å². The normalized spacial score (nSPS) is 22.6. The van der Waals surface area contributed by atoms with Crippen molar-refractivity contribution < 1.29 is 9.53 Å². The van der Waals surface area contributed by atoms with Gasteiger partial charge in [0.15, 0.2) is 5.17 Å². The zero-order chi connectivity index (χ0) is 22.3. The standard InChI is InChI=1S/C24H26BrN3O2S/c1-14-13-24(2,3)28(4)19-12-20(30-5)15(10-18(14)19)11-21-22(29)27-23(31-21)26-17-8-6-16(25)7-9-17/h6-12,14H,13H2,1-5H3,(H,26,27,29)/b21-11+. The van der Waals surface area contributed by atoms with Crippen LogP contribution >= 0.6 is 27.7 Å². The van der Waals surface area contributed by atoms with E-state index in [0.29, 0.717) is 16.0 Å². The summed E-state index contributed by atoms with van der Waals surface area (Å²) in [5, 5.41) is 3.43. The van der Waals surface area contributed by atoms with E-state index in [1.807, 2.05) is 30.3 Å². The van der Waals surface area contributed by atoms with Crippen molar-refractivity contribution >= 4 is 56.2 Å². The van der Waals surface area contributed by atoms with Crippen molar-refractivity contribution in [3.05, 3.63) is 56.9 Å². The van der Waals surface area contributed by atoms with Gasteiger partial charge in [-0.25, -0.2) is 4.99 Å². The molecule has 2 aromatic rings. The van der Waals surface area contributed by atoms with E-state index in [1.165, 1.54) is 23.0 Å². The molecule has 0 aromatic heterocycles. The van der Waals surface area contributed by atoms with Gasteiger partial charge in [0.25, 0.3) is 5.91 Å². The molecule has 1 unspecified atom stereocenters. The Labute approximate surface area is 196 Å². The van der Waals surface area contributed by atoms with Crippen LogP contribution in [0.5, 0.6) is 5.75 Å². The number of hydrogen-bond acceptors (Lipinski definition) is 5. The van der Waals surface area contributed by atoms with Crippen molar-refractivity contribution in [3.8, 4) is 5.75 Å². The molecule has 162 valence electrons. The third-order valence-electron chi connectivity index (χ3n) is 5.98. The van der Waals surface area contributed by atoms with Crippen molar-refractivity contribution in [2.75, 3.05) is 19.1 Å². The van der Waals surface area contributed by atoms with Gasteiger partial charge in [0.05, 0.1) is 17.7 Å². The van der Waals surface area contributed by atoms with Crippen LogP contribution in [0.4, 0.5) is 11.4 Å². The largest absolute Gasteiger partial charge is 0.496 e. The number of halogens is 1. The highest BCUT2D eigenvalue weighted by Crippen LogP contribution is 2.45. The maximum absolute atomic E-state index is 12.6. The number of nitrogens with zero attached hydrogens (tertiary/aromatic N) is 2. The number of aliphatic imine (C=N–C) groups is 1. The van der Waals surface area contributed by atoms with Crippen LogP contribution in [0.25, 0.3) is 6.08 Å². The zero-order valence-corrected chi connectivity index (χ0v) is 20.7. The highest BCUT2D eigenvalue weighted by atomic mass is 79.9. The number of hydrogen-bond donors (Lipinski definition) is 1. The molecule has 1 N–H and O–H groups in total. The zero-order valence-electron chi connectivity index (χ0n) is 18.3. The first-order valence-electron chi connectivity index (χ1n) is 10.2. The number of thioether (sulfide) groups is 1. The Morgan fingerprint density at radius 3 is 2.68 bits per heavy atom. The topological polar surface area (TPSA) is 53.9 Å². The summed E-state index contributed by atoms with van der Waals surface area (Å²) in [6.07, 6.45) is 2.97. The Morgan fingerprint density at radius 2 is 2.00 bits per heavy atom. The minimum absolute atomic E-state index is 0.0803. The van der Waals surface area contributed by atoms with Gasteiger partial charge in [-0.1, -0.05) is 22.9 Å². The molecule has 1 fully saturated rings. The Bertz CT molecular complexity index is 1090. The van der Waals surface area contributed by atoms with Crippen LogP contribution in [-0.2, 0) is 4.79 Å². The van der Waals surface area contributed by atoms with Gasteiger partial charge in [-0.05, 0) is 79.9 Å². The van der Waals surface area contributed by atoms with Gasteiger partial charge in [-0.2, -0.15) is 0 Å². The lowest BCUT2D eigenvalue weighted by Crippen LogP contribution is -2.45. The van der Waals surface area contributed by atoms with Crippen LogP contribution in [0.1, 0.15) is 44.2 Å².